The van der Waals surface area contributed by atoms with Crippen LogP contribution in [0.15, 0.2) is 60.7 Å². The number of aromatic nitrogens is 1. The predicted molar refractivity (Wildman–Crippen MR) is 119 cm³/mol. The van der Waals surface area contributed by atoms with Crippen LogP contribution in [0.1, 0.15) is 18.9 Å². The molecule has 1 aromatic heterocycles. The number of carbonyl (C=O) groups is 1. The molecule has 3 aromatic carbocycles. The number of hydrogen-bond acceptors (Lipinski definition) is 1. The van der Waals surface area contributed by atoms with E-state index in [0.29, 0.717) is 22.9 Å². The molecule has 1 heterocycles. The summed E-state index contributed by atoms with van der Waals surface area (Å²) in [5.74, 6) is -0.0606. The van der Waals surface area contributed by atoms with Crippen LogP contribution < -0.4 is 5.32 Å². The zero-order chi connectivity index (χ0) is 19.7. The maximum absolute atomic E-state index is 12.5. The molecule has 3 nitrogen and oxygen atoms in total. The fraction of sp³-hybridized carbons (Fsp3) is 0.174. The van der Waals surface area contributed by atoms with E-state index in [1.54, 1.807) is 18.2 Å². The number of carbonyl (C=O) groups excluding carboxylic acids is 1. The van der Waals surface area contributed by atoms with Crippen molar-refractivity contribution in [2.45, 2.75) is 26.3 Å². The van der Waals surface area contributed by atoms with Gasteiger partial charge in [0.05, 0.1) is 0 Å². The van der Waals surface area contributed by atoms with Gasteiger partial charge in [0.2, 0.25) is 5.91 Å². The molecule has 1 N–H and O–H groups in total. The summed E-state index contributed by atoms with van der Waals surface area (Å²) in [7, 11) is 0. The molecule has 1 amide bonds. The lowest BCUT2D eigenvalue weighted by molar-refractivity contribution is -0.116. The summed E-state index contributed by atoms with van der Waals surface area (Å²) in [6.07, 6.45) is 0.819. The molecule has 0 saturated carbocycles. The summed E-state index contributed by atoms with van der Waals surface area (Å²) in [6, 6.07) is 19.8. The summed E-state index contributed by atoms with van der Waals surface area (Å²) < 4.78 is 2.29. The van der Waals surface area contributed by atoms with E-state index in [9.17, 15) is 4.79 Å². The first-order valence-corrected chi connectivity index (χ1v) is 10.1. The Hall–Kier alpha value is -2.49. The Morgan fingerprint density at radius 1 is 0.929 bits per heavy atom. The monoisotopic (exact) mass is 410 g/mol. The maximum atomic E-state index is 12.5. The molecule has 0 aliphatic rings. The third-order valence-electron chi connectivity index (χ3n) is 5.04. The van der Waals surface area contributed by atoms with Crippen molar-refractivity contribution in [3.63, 3.8) is 0 Å². The number of nitrogens with zero attached hydrogens (tertiary/aromatic N) is 1. The van der Waals surface area contributed by atoms with Crippen molar-refractivity contribution in [3.8, 4) is 0 Å². The van der Waals surface area contributed by atoms with Crippen molar-refractivity contribution in [2.75, 3.05) is 5.32 Å². The van der Waals surface area contributed by atoms with Gasteiger partial charge in [-0.15, -0.1) is 0 Å². The van der Waals surface area contributed by atoms with Crippen LogP contribution in [0.4, 0.5) is 5.69 Å². The maximum Gasteiger partial charge on any atom is 0.224 e. The lowest BCUT2D eigenvalue weighted by Crippen LogP contribution is -2.12. The molecule has 0 unspecified atom stereocenters. The van der Waals surface area contributed by atoms with Crippen LogP contribution in [0.25, 0.3) is 21.8 Å². The largest absolute Gasteiger partial charge is 0.341 e. The van der Waals surface area contributed by atoms with Crippen LogP contribution in [0.5, 0.6) is 0 Å². The first-order chi connectivity index (χ1) is 13.6. The second-order valence-electron chi connectivity index (χ2n) is 6.74. The van der Waals surface area contributed by atoms with E-state index in [1.807, 2.05) is 18.2 Å². The van der Waals surface area contributed by atoms with Crippen molar-refractivity contribution in [1.82, 2.24) is 4.57 Å². The molecular weight excluding hydrogens is 391 g/mol. The number of fused-ring (bicyclic) bond motifs is 3. The smallest absolute Gasteiger partial charge is 0.224 e. The Morgan fingerprint density at radius 3 is 2.39 bits per heavy atom. The number of amides is 1. The van der Waals surface area contributed by atoms with Crippen molar-refractivity contribution < 1.29 is 4.79 Å². The molecule has 0 spiro atoms. The van der Waals surface area contributed by atoms with Gasteiger partial charge < -0.3 is 9.88 Å². The van der Waals surface area contributed by atoms with Gasteiger partial charge in [-0.3, -0.25) is 4.79 Å². The number of nitrogens with one attached hydrogen (secondary N) is 1. The fourth-order valence-electron chi connectivity index (χ4n) is 3.71. The van der Waals surface area contributed by atoms with Crippen LogP contribution in [0.2, 0.25) is 10.0 Å². The summed E-state index contributed by atoms with van der Waals surface area (Å²) in [5, 5.41) is 6.52. The molecule has 0 bridgehead atoms. The molecule has 0 radical (unpaired) electrons. The van der Waals surface area contributed by atoms with Crippen molar-refractivity contribution in [2.24, 2.45) is 0 Å². The Labute approximate surface area is 173 Å². The molecular formula is C23H20Cl2N2O. The van der Waals surface area contributed by atoms with Gasteiger partial charge in [-0.25, -0.2) is 0 Å². The zero-order valence-electron chi connectivity index (χ0n) is 15.5. The van der Waals surface area contributed by atoms with Crippen LogP contribution >= 0.6 is 23.2 Å². The highest BCUT2D eigenvalue weighted by Crippen LogP contribution is 2.31. The van der Waals surface area contributed by atoms with E-state index in [1.165, 1.54) is 16.4 Å². The number of anilines is 1. The van der Waals surface area contributed by atoms with Gasteiger partial charge in [0.25, 0.3) is 0 Å². The van der Waals surface area contributed by atoms with E-state index in [4.69, 9.17) is 23.2 Å². The topological polar surface area (TPSA) is 34.0 Å². The summed E-state index contributed by atoms with van der Waals surface area (Å²) >= 11 is 12.4. The van der Waals surface area contributed by atoms with E-state index in [-0.39, 0.29) is 5.91 Å². The van der Waals surface area contributed by atoms with Gasteiger partial charge in [-0.05, 0) is 55.3 Å². The van der Waals surface area contributed by atoms with E-state index in [2.05, 4.69) is 41.1 Å². The Balaban J connectivity index is 1.56. The molecule has 4 rings (SSSR count). The average Bonchev–Trinajstić information content (AvgIpc) is 3.01. The van der Waals surface area contributed by atoms with Gasteiger partial charge in [-0.2, -0.15) is 0 Å². The number of aryl methyl sites for hydroxylation is 1. The van der Waals surface area contributed by atoms with Gasteiger partial charge in [0, 0.05) is 50.5 Å². The predicted octanol–water partition coefficient (Wildman–Crippen LogP) is 6.69. The number of benzene rings is 3. The Kier molecular flexibility index (Phi) is 5.29. The van der Waals surface area contributed by atoms with Crippen molar-refractivity contribution in [3.05, 3.63) is 76.3 Å². The van der Waals surface area contributed by atoms with Crippen LogP contribution in [0, 0.1) is 0 Å². The second kappa shape index (κ2) is 7.86. The molecule has 4 aromatic rings. The fourth-order valence-corrected chi connectivity index (χ4v) is 4.29. The van der Waals surface area contributed by atoms with Crippen LogP contribution in [-0.4, -0.2) is 10.5 Å². The summed E-state index contributed by atoms with van der Waals surface area (Å²) in [4.78, 5) is 12.5. The van der Waals surface area contributed by atoms with Gasteiger partial charge in [0.1, 0.15) is 0 Å². The molecule has 142 valence electrons. The van der Waals surface area contributed by atoms with Gasteiger partial charge in [0.15, 0.2) is 0 Å². The van der Waals surface area contributed by atoms with Crippen LogP contribution in [0.3, 0.4) is 0 Å². The van der Waals surface area contributed by atoms with Gasteiger partial charge in [-0.1, -0.05) is 47.5 Å². The number of para-hydroxylation sites is 1. The molecule has 0 aliphatic carbocycles. The molecule has 0 saturated heterocycles. The highest BCUT2D eigenvalue weighted by atomic mass is 35.5. The molecule has 5 heteroatoms. The highest BCUT2D eigenvalue weighted by Gasteiger charge is 2.12. The first kappa shape index (κ1) is 18.9. The lowest BCUT2D eigenvalue weighted by atomic mass is 10.1. The number of halogens is 2. The average molecular weight is 411 g/mol. The minimum atomic E-state index is -0.0606. The SMILES string of the molecule is CCn1c2ccccc2c2cc(NC(=O)CCc3c(Cl)cccc3Cl)ccc21. The molecule has 28 heavy (non-hydrogen) atoms. The van der Waals surface area contributed by atoms with E-state index < -0.39 is 0 Å². The van der Waals surface area contributed by atoms with Gasteiger partial charge >= 0.3 is 0 Å². The standard InChI is InChI=1S/C23H20Cl2N2O/c1-2-27-21-9-4-3-6-16(21)18-14-15(10-12-22(18)27)26-23(28)13-11-17-19(24)7-5-8-20(17)25/h3-10,12,14H,2,11,13H2,1H3,(H,26,28). The van der Waals surface area contributed by atoms with E-state index >= 15 is 0 Å². The lowest BCUT2D eigenvalue weighted by Gasteiger charge is -2.09. The normalized spacial score (nSPS) is 11.2. The minimum absolute atomic E-state index is 0.0606. The molecule has 0 fully saturated rings. The quantitative estimate of drug-likeness (QED) is 0.390. The third-order valence-corrected chi connectivity index (χ3v) is 5.74. The molecule has 0 aliphatic heterocycles. The third kappa shape index (κ3) is 3.48. The second-order valence-corrected chi connectivity index (χ2v) is 7.56. The number of rotatable bonds is 5. The zero-order valence-corrected chi connectivity index (χ0v) is 17.0. The number of hydrogen-bond donors (Lipinski definition) is 1. The Morgan fingerprint density at radius 2 is 1.64 bits per heavy atom. The Bertz CT molecular complexity index is 1160. The molecule has 0 atom stereocenters. The van der Waals surface area contributed by atoms with E-state index in [0.717, 1.165) is 23.2 Å². The first-order valence-electron chi connectivity index (χ1n) is 9.32. The van der Waals surface area contributed by atoms with Crippen LogP contribution in [-0.2, 0) is 17.8 Å². The van der Waals surface area contributed by atoms with Crippen molar-refractivity contribution in [1.29, 1.82) is 0 Å². The summed E-state index contributed by atoms with van der Waals surface area (Å²) in [5.41, 5.74) is 3.98. The highest BCUT2D eigenvalue weighted by molar-refractivity contribution is 6.36. The summed E-state index contributed by atoms with van der Waals surface area (Å²) in [6.45, 7) is 3.04. The van der Waals surface area contributed by atoms with Crippen molar-refractivity contribution >= 4 is 56.6 Å². The minimum Gasteiger partial charge on any atom is -0.341 e.